The van der Waals surface area contributed by atoms with Crippen molar-refractivity contribution in [1.82, 2.24) is 10.2 Å². The Balaban J connectivity index is 1.88. The molecule has 2 fully saturated rings. The van der Waals surface area contributed by atoms with Crippen LogP contribution in [0.25, 0.3) is 0 Å². The molecule has 17 heavy (non-hydrogen) atoms. The molecule has 1 N–H and O–H groups in total. The normalized spacial score (nSPS) is 26.8. The first-order valence-electron chi connectivity index (χ1n) is 6.43. The maximum absolute atomic E-state index is 13.0. The van der Waals surface area contributed by atoms with E-state index in [-0.39, 0.29) is 6.54 Å². The van der Waals surface area contributed by atoms with E-state index in [2.05, 4.69) is 5.32 Å². The Bertz CT molecular complexity index is 253. The van der Waals surface area contributed by atoms with Crippen molar-refractivity contribution in [3.05, 3.63) is 0 Å². The second-order valence-corrected chi connectivity index (χ2v) is 5.47. The summed E-state index contributed by atoms with van der Waals surface area (Å²) in [4.78, 5) is 2.00. The molecule has 2 nitrogen and oxygen atoms in total. The number of rotatable bonds is 3. The van der Waals surface area contributed by atoms with Crippen LogP contribution in [0, 0.1) is 5.41 Å². The monoisotopic (exact) mass is 250 g/mol. The lowest BCUT2D eigenvalue weighted by Crippen LogP contribution is -2.54. The zero-order valence-corrected chi connectivity index (χ0v) is 10.3. The second-order valence-electron chi connectivity index (χ2n) is 5.47. The molecule has 100 valence electrons. The van der Waals surface area contributed by atoms with Gasteiger partial charge in [-0.15, -0.1) is 0 Å². The molecule has 1 saturated heterocycles. The Morgan fingerprint density at radius 2 is 1.82 bits per heavy atom. The van der Waals surface area contributed by atoms with Crippen molar-refractivity contribution in [2.75, 3.05) is 26.7 Å². The van der Waals surface area contributed by atoms with E-state index < -0.39 is 11.6 Å². The van der Waals surface area contributed by atoms with Gasteiger partial charge in [-0.3, -0.25) is 0 Å². The number of piperidine rings is 1. The van der Waals surface area contributed by atoms with Crippen molar-refractivity contribution >= 4 is 0 Å². The Hall–Kier alpha value is -0.290. The third-order valence-electron chi connectivity index (χ3n) is 4.43. The lowest BCUT2D eigenvalue weighted by atomic mass is 9.67. The molecule has 0 radical (unpaired) electrons. The van der Waals surface area contributed by atoms with Crippen molar-refractivity contribution in [2.45, 2.75) is 44.3 Å². The number of alkyl halides is 3. The summed E-state index contributed by atoms with van der Waals surface area (Å²) in [5.74, 6) is 0. The van der Waals surface area contributed by atoms with Gasteiger partial charge in [0.15, 0.2) is 0 Å². The maximum Gasteiger partial charge on any atom is 0.395 e. The summed E-state index contributed by atoms with van der Waals surface area (Å²) >= 11 is 0. The zero-order valence-electron chi connectivity index (χ0n) is 10.3. The van der Waals surface area contributed by atoms with Crippen molar-refractivity contribution < 1.29 is 13.2 Å². The van der Waals surface area contributed by atoms with Crippen LogP contribution in [0.15, 0.2) is 0 Å². The molecule has 0 aromatic carbocycles. The number of hydrogen-bond acceptors (Lipinski definition) is 2. The van der Waals surface area contributed by atoms with E-state index in [1.165, 1.54) is 0 Å². The second kappa shape index (κ2) is 4.76. The molecule has 1 saturated carbocycles. The van der Waals surface area contributed by atoms with E-state index in [4.69, 9.17) is 0 Å². The highest BCUT2D eigenvalue weighted by Gasteiger charge is 2.58. The molecule has 0 amide bonds. The van der Waals surface area contributed by atoms with E-state index in [1.807, 2.05) is 11.9 Å². The van der Waals surface area contributed by atoms with Crippen LogP contribution in [-0.4, -0.2) is 43.8 Å². The fourth-order valence-electron chi connectivity index (χ4n) is 2.94. The van der Waals surface area contributed by atoms with Gasteiger partial charge in [-0.2, -0.15) is 13.2 Å². The van der Waals surface area contributed by atoms with Crippen LogP contribution in [0.4, 0.5) is 13.2 Å². The van der Waals surface area contributed by atoms with Crippen LogP contribution in [0.5, 0.6) is 0 Å². The predicted molar refractivity (Wildman–Crippen MR) is 60.9 cm³/mol. The number of nitrogens with one attached hydrogen (secondary N) is 1. The molecule has 5 heteroatoms. The van der Waals surface area contributed by atoms with Gasteiger partial charge in [-0.05, 0) is 45.8 Å². The molecule has 2 aliphatic rings. The molecular formula is C12H21F3N2. The Kier molecular flexibility index (Phi) is 3.69. The number of halogens is 3. The van der Waals surface area contributed by atoms with Crippen LogP contribution in [0.3, 0.4) is 0 Å². The van der Waals surface area contributed by atoms with Crippen LogP contribution in [-0.2, 0) is 0 Å². The first kappa shape index (κ1) is 13.1. The largest absolute Gasteiger partial charge is 0.395 e. The van der Waals surface area contributed by atoms with E-state index >= 15 is 0 Å². The highest BCUT2D eigenvalue weighted by molar-refractivity contribution is 4.97. The van der Waals surface area contributed by atoms with E-state index in [0.717, 1.165) is 32.4 Å². The Morgan fingerprint density at radius 1 is 1.24 bits per heavy atom. The summed E-state index contributed by atoms with van der Waals surface area (Å²) in [6, 6.07) is 0.481. The van der Waals surface area contributed by atoms with Gasteiger partial charge in [0.25, 0.3) is 0 Å². The topological polar surface area (TPSA) is 15.3 Å². The SMILES string of the molecule is CNC1CCN(CC2(C(F)(F)F)CCC2)CC1. The lowest BCUT2D eigenvalue weighted by molar-refractivity contribution is -0.256. The van der Waals surface area contributed by atoms with E-state index in [9.17, 15) is 13.2 Å². The van der Waals surface area contributed by atoms with Crippen molar-refractivity contribution in [1.29, 1.82) is 0 Å². The van der Waals surface area contributed by atoms with Crippen LogP contribution >= 0.6 is 0 Å². The smallest absolute Gasteiger partial charge is 0.317 e. The summed E-state index contributed by atoms with van der Waals surface area (Å²) in [6.45, 7) is 1.81. The van der Waals surface area contributed by atoms with Crippen molar-refractivity contribution in [3.8, 4) is 0 Å². The maximum atomic E-state index is 13.0. The fraction of sp³-hybridized carbons (Fsp3) is 1.00. The third-order valence-corrected chi connectivity index (χ3v) is 4.43. The van der Waals surface area contributed by atoms with Gasteiger partial charge in [0.05, 0.1) is 5.41 Å². The molecular weight excluding hydrogens is 229 g/mol. The average Bonchev–Trinajstić information content (AvgIpc) is 2.22. The Morgan fingerprint density at radius 3 is 2.18 bits per heavy atom. The zero-order chi connectivity index (χ0) is 12.5. The van der Waals surface area contributed by atoms with Crippen molar-refractivity contribution in [3.63, 3.8) is 0 Å². The first-order valence-corrected chi connectivity index (χ1v) is 6.43. The standard InChI is InChI=1S/C12H21F3N2/c1-16-10-3-7-17(8-4-10)9-11(5-2-6-11)12(13,14)15/h10,16H,2-9H2,1H3. The molecule has 1 heterocycles. The van der Waals surface area contributed by atoms with Gasteiger partial charge in [0, 0.05) is 12.6 Å². The lowest BCUT2D eigenvalue weighted by Gasteiger charge is -2.47. The molecule has 1 aliphatic carbocycles. The highest BCUT2D eigenvalue weighted by atomic mass is 19.4. The predicted octanol–water partition coefficient (Wildman–Crippen LogP) is 2.40. The summed E-state index contributed by atoms with van der Waals surface area (Å²) in [7, 11) is 1.92. The van der Waals surface area contributed by atoms with Gasteiger partial charge in [0.2, 0.25) is 0 Å². The summed E-state index contributed by atoms with van der Waals surface area (Å²) in [6.07, 6.45) is -0.725. The van der Waals surface area contributed by atoms with E-state index in [1.54, 1.807) is 0 Å². The third kappa shape index (κ3) is 2.60. The molecule has 2 rings (SSSR count). The van der Waals surface area contributed by atoms with Gasteiger partial charge in [-0.1, -0.05) is 6.42 Å². The summed E-state index contributed by atoms with van der Waals surface area (Å²) in [5, 5.41) is 3.20. The highest BCUT2D eigenvalue weighted by Crippen LogP contribution is 2.53. The minimum Gasteiger partial charge on any atom is -0.317 e. The molecule has 1 aliphatic heterocycles. The Labute approximate surface area is 101 Å². The molecule has 0 bridgehead atoms. The van der Waals surface area contributed by atoms with Crippen LogP contribution in [0.2, 0.25) is 0 Å². The van der Waals surface area contributed by atoms with Gasteiger partial charge in [-0.25, -0.2) is 0 Å². The number of likely N-dealkylation sites (tertiary alicyclic amines) is 1. The average molecular weight is 250 g/mol. The number of hydrogen-bond donors (Lipinski definition) is 1. The first-order chi connectivity index (χ1) is 7.97. The summed E-state index contributed by atoms with van der Waals surface area (Å²) in [5.41, 5.74) is -1.39. The molecule has 0 spiro atoms. The molecule has 0 aromatic heterocycles. The molecule has 0 unspecified atom stereocenters. The van der Waals surface area contributed by atoms with Gasteiger partial charge >= 0.3 is 6.18 Å². The number of nitrogens with zero attached hydrogens (tertiary/aromatic N) is 1. The van der Waals surface area contributed by atoms with Crippen LogP contribution in [0.1, 0.15) is 32.1 Å². The van der Waals surface area contributed by atoms with Gasteiger partial charge < -0.3 is 10.2 Å². The van der Waals surface area contributed by atoms with Gasteiger partial charge in [0.1, 0.15) is 0 Å². The minimum atomic E-state index is -4.02. The fourth-order valence-corrected chi connectivity index (χ4v) is 2.94. The molecule has 0 atom stereocenters. The minimum absolute atomic E-state index is 0.215. The quantitative estimate of drug-likeness (QED) is 0.827. The van der Waals surface area contributed by atoms with Crippen LogP contribution < -0.4 is 5.32 Å². The van der Waals surface area contributed by atoms with E-state index in [0.29, 0.717) is 18.9 Å². The summed E-state index contributed by atoms with van der Waals surface area (Å²) < 4.78 is 39.0. The van der Waals surface area contributed by atoms with Crippen molar-refractivity contribution in [2.24, 2.45) is 5.41 Å². The molecule has 0 aromatic rings.